The number of ketones is 1. The second-order valence-corrected chi connectivity index (χ2v) is 4.63. The number of carboxylic acids is 1. The third kappa shape index (κ3) is 3.30. The molecule has 2 aromatic rings. The summed E-state index contributed by atoms with van der Waals surface area (Å²) in [6.07, 6.45) is 0. The summed E-state index contributed by atoms with van der Waals surface area (Å²) in [6.45, 7) is 1.45. The molecule has 22 heavy (non-hydrogen) atoms. The van der Waals surface area contributed by atoms with Crippen LogP contribution in [-0.4, -0.2) is 16.9 Å². The van der Waals surface area contributed by atoms with E-state index in [4.69, 9.17) is 15.1 Å². The van der Waals surface area contributed by atoms with Crippen LogP contribution in [0.2, 0.25) is 0 Å². The number of Topliss-reactive ketones (excluding diaryl/α,β-unsaturated/α-hetero) is 1. The van der Waals surface area contributed by atoms with Gasteiger partial charge in [-0.15, -0.1) is 0 Å². The Balaban J connectivity index is 2.21. The van der Waals surface area contributed by atoms with Crippen molar-refractivity contribution in [2.45, 2.75) is 13.5 Å². The van der Waals surface area contributed by atoms with Crippen LogP contribution in [-0.2, 0) is 6.61 Å². The molecule has 0 saturated heterocycles. The lowest BCUT2D eigenvalue weighted by Gasteiger charge is -2.10. The molecule has 0 heterocycles. The van der Waals surface area contributed by atoms with E-state index in [0.717, 1.165) is 0 Å². The summed E-state index contributed by atoms with van der Waals surface area (Å²) < 4.78 is 5.53. The lowest BCUT2D eigenvalue weighted by molar-refractivity contribution is 0.0693. The average molecular weight is 295 g/mol. The molecule has 0 amide bonds. The van der Waals surface area contributed by atoms with Gasteiger partial charge in [-0.3, -0.25) is 4.79 Å². The first-order chi connectivity index (χ1) is 10.5. The third-order valence-electron chi connectivity index (χ3n) is 3.13. The van der Waals surface area contributed by atoms with Crippen LogP contribution >= 0.6 is 0 Å². The average Bonchev–Trinajstić information content (AvgIpc) is 2.52. The molecule has 0 spiro atoms. The van der Waals surface area contributed by atoms with Crippen LogP contribution < -0.4 is 4.74 Å². The maximum absolute atomic E-state index is 11.4. The van der Waals surface area contributed by atoms with Gasteiger partial charge in [0.25, 0.3) is 0 Å². The molecule has 0 aliphatic heterocycles. The minimum absolute atomic E-state index is 0.0623. The second-order valence-electron chi connectivity index (χ2n) is 4.63. The minimum atomic E-state index is -1.02. The van der Waals surface area contributed by atoms with Gasteiger partial charge in [-0.05, 0) is 31.2 Å². The first kappa shape index (κ1) is 15.3. The van der Waals surface area contributed by atoms with E-state index in [1.54, 1.807) is 24.3 Å². The first-order valence-corrected chi connectivity index (χ1v) is 6.52. The molecule has 0 atom stereocenters. The minimum Gasteiger partial charge on any atom is -0.489 e. The summed E-state index contributed by atoms with van der Waals surface area (Å²) in [5, 5.41) is 18.2. The number of ether oxygens (including phenoxy) is 1. The maximum atomic E-state index is 11.4. The first-order valence-electron chi connectivity index (χ1n) is 6.52. The van der Waals surface area contributed by atoms with E-state index in [-0.39, 0.29) is 23.5 Å². The Morgan fingerprint density at radius 1 is 1.18 bits per heavy atom. The molecule has 0 aliphatic rings. The van der Waals surface area contributed by atoms with Crippen LogP contribution in [0, 0.1) is 11.3 Å². The Morgan fingerprint density at radius 3 is 2.55 bits per heavy atom. The number of carbonyl (C=O) groups is 2. The van der Waals surface area contributed by atoms with E-state index in [1.165, 1.54) is 25.1 Å². The lowest BCUT2D eigenvalue weighted by atomic mass is 10.1. The molecule has 110 valence electrons. The molecular formula is C17H13NO4. The summed E-state index contributed by atoms with van der Waals surface area (Å²) in [7, 11) is 0. The van der Waals surface area contributed by atoms with Crippen LogP contribution in [0.1, 0.15) is 38.8 Å². The Morgan fingerprint density at radius 2 is 1.91 bits per heavy atom. The van der Waals surface area contributed by atoms with Crippen molar-refractivity contribution in [2.75, 3.05) is 0 Å². The van der Waals surface area contributed by atoms with Crippen LogP contribution in [0.25, 0.3) is 0 Å². The van der Waals surface area contributed by atoms with Gasteiger partial charge in [-0.1, -0.05) is 18.2 Å². The number of benzene rings is 2. The predicted octanol–water partition coefficient (Wildman–Crippen LogP) is 3.04. The highest BCUT2D eigenvalue weighted by atomic mass is 16.5. The molecule has 0 bridgehead atoms. The molecule has 0 aliphatic carbocycles. The quantitative estimate of drug-likeness (QED) is 0.856. The summed E-state index contributed by atoms with van der Waals surface area (Å²) >= 11 is 0. The summed E-state index contributed by atoms with van der Waals surface area (Å²) in [6, 6.07) is 13.1. The normalized spacial score (nSPS) is 9.82. The topological polar surface area (TPSA) is 87.4 Å². The fraction of sp³-hybridized carbons (Fsp3) is 0.118. The Kier molecular flexibility index (Phi) is 4.54. The van der Waals surface area contributed by atoms with Crippen molar-refractivity contribution in [1.29, 1.82) is 5.26 Å². The molecule has 2 aromatic carbocycles. The van der Waals surface area contributed by atoms with Crippen LogP contribution in [0.3, 0.4) is 0 Å². The van der Waals surface area contributed by atoms with E-state index in [2.05, 4.69) is 0 Å². The smallest absolute Gasteiger partial charge is 0.336 e. The van der Waals surface area contributed by atoms with Gasteiger partial charge in [-0.2, -0.15) is 5.26 Å². The Hall–Kier alpha value is -3.13. The van der Waals surface area contributed by atoms with Gasteiger partial charge in [0.05, 0.1) is 11.1 Å². The predicted molar refractivity (Wildman–Crippen MR) is 78.9 cm³/mol. The summed E-state index contributed by atoms with van der Waals surface area (Å²) in [5.74, 6) is -0.815. The van der Waals surface area contributed by atoms with Gasteiger partial charge in [0.2, 0.25) is 0 Å². The summed E-state index contributed by atoms with van der Waals surface area (Å²) in [5.41, 5.74) is 1.27. The van der Waals surface area contributed by atoms with Crippen LogP contribution in [0.15, 0.2) is 42.5 Å². The molecule has 2 rings (SSSR count). The highest BCUT2D eigenvalue weighted by molar-refractivity contribution is 5.96. The molecule has 5 nitrogen and oxygen atoms in total. The standard InChI is InChI=1S/C17H13NO4/c1-11(19)15-7-6-14(8-13(15)9-18)22-10-12-4-2-3-5-16(12)17(20)21/h2-8H,10H2,1H3,(H,20,21). The maximum Gasteiger partial charge on any atom is 0.336 e. The van der Waals surface area contributed by atoms with Gasteiger partial charge >= 0.3 is 5.97 Å². The van der Waals surface area contributed by atoms with Crippen molar-refractivity contribution >= 4 is 11.8 Å². The number of rotatable bonds is 5. The lowest BCUT2D eigenvalue weighted by Crippen LogP contribution is -2.05. The van der Waals surface area contributed by atoms with Crippen molar-refractivity contribution in [3.8, 4) is 11.8 Å². The zero-order chi connectivity index (χ0) is 16.1. The largest absolute Gasteiger partial charge is 0.489 e. The van der Waals surface area contributed by atoms with Gasteiger partial charge in [-0.25, -0.2) is 4.79 Å². The number of nitriles is 1. The molecule has 0 fully saturated rings. The fourth-order valence-corrected chi connectivity index (χ4v) is 2.03. The zero-order valence-electron chi connectivity index (χ0n) is 11.9. The molecule has 0 unspecified atom stereocenters. The van der Waals surface area contributed by atoms with Gasteiger partial charge in [0, 0.05) is 11.1 Å². The number of aromatic carboxylic acids is 1. The zero-order valence-corrected chi connectivity index (χ0v) is 11.9. The van der Waals surface area contributed by atoms with Crippen molar-refractivity contribution in [3.63, 3.8) is 0 Å². The molecule has 1 N–H and O–H groups in total. The van der Waals surface area contributed by atoms with Crippen molar-refractivity contribution in [2.24, 2.45) is 0 Å². The highest BCUT2D eigenvalue weighted by Crippen LogP contribution is 2.20. The monoisotopic (exact) mass is 295 g/mol. The van der Waals surface area contributed by atoms with Crippen LogP contribution in [0.4, 0.5) is 0 Å². The molecule has 0 radical (unpaired) electrons. The molecule has 5 heteroatoms. The van der Waals surface area contributed by atoms with Crippen LogP contribution in [0.5, 0.6) is 5.75 Å². The van der Waals surface area contributed by atoms with Gasteiger partial charge in [0.1, 0.15) is 18.4 Å². The number of hydrogen-bond acceptors (Lipinski definition) is 4. The van der Waals surface area contributed by atoms with E-state index >= 15 is 0 Å². The Bertz CT molecular complexity index is 774. The molecule has 0 saturated carbocycles. The highest BCUT2D eigenvalue weighted by Gasteiger charge is 2.11. The van der Waals surface area contributed by atoms with Crippen molar-refractivity contribution < 1.29 is 19.4 Å². The Labute approximate surface area is 127 Å². The number of carbonyl (C=O) groups excluding carboxylic acids is 1. The summed E-state index contributed by atoms with van der Waals surface area (Å²) in [4.78, 5) is 22.5. The second kappa shape index (κ2) is 6.55. The SMILES string of the molecule is CC(=O)c1ccc(OCc2ccccc2C(=O)O)cc1C#N. The van der Waals surface area contributed by atoms with E-state index < -0.39 is 5.97 Å². The number of nitrogens with zero attached hydrogens (tertiary/aromatic N) is 1. The van der Waals surface area contributed by atoms with Crippen molar-refractivity contribution in [1.82, 2.24) is 0 Å². The van der Waals surface area contributed by atoms with E-state index in [1.807, 2.05) is 6.07 Å². The fourth-order valence-electron chi connectivity index (χ4n) is 2.03. The number of carboxylic acid groups (broad SMARTS) is 1. The van der Waals surface area contributed by atoms with Gasteiger partial charge in [0.15, 0.2) is 5.78 Å². The third-order valence-corrected chi connectivity index (χ3v) is 3.13. The van der Waals surface area contributed by atoms with E-state index in [9.17, 15) is 9.59 Å². The van der Waals surface area contributed by atoms with Crippen molar-refractivity contribution in [3.05, 3.63) is 64.7 Å². The molecule has 0 aromatic heterocycles. The number of hydrogen-bond donors (Lipinski definition) is 1. The van der Waals surface area contributed by atoms with E-state index in [0.29, 0.717) is 16.9 Å². The van der Waals surface area contributed by atoms with Gasteiger partial charge < -0.3 is 9.84 Å². The molecular weight excluding hydrogens is 282 g/mol.